The zero-order valence-corrected chi connectivity index (χ0v) is 11.6. The molecule has 2 aromatic rings. The van der Waals surface area contributed by atoms with Crippen LogP contribution in [0.4, 0.5) is 5.82 Å². The smallest absolute Gasteiger partial charge is 0.182 e. The summed E-state index contributed by atoms with van der Waals surface area (Å²) in [4.78, 5) is 15.4. The largest absolute Gasteiger partial charge is 0.367 e. The average Bonchev–Trinajstić information content (AvgIpc) is 2.72. The van der Waals surface area contributed by atoms with Crippen molar-refractivity contribution in [2.45, 2.75) is 32.6 Å². The summed E-state index contributed by atoms with van der Waals surface area (Å²) in [6.07, 6.45) is 4.05. The van der Waals surface area contributed by atoms with Gasteiger partial charge in [-0.2, -0.15) is 0 Å². The number of imidazole rings is 1. The molecule has 2 N–H and O–H groups in total. The molecule has 6 heteroatoms. The summed E-state index contributed by atoms with van der Waals surface area (Å²) in [5.41, 5.74) is 1.70. The highest BCUT2D eigenvalue weighted by Crippen LogP contribution is 2.24. The lowest BCUT2D eigenvalue weighted by molar-refractivity contribution is 0.373. The molecule has 0 radical (unpaired) electrons. The highest BCUT2D eigenvalue weighted by molar-refractivity contribution is 6.21. The fourth-order valence-corrected chi connectivity index (χ4v) is 2.38. The summed E-state index contributed by atoms with van der Waals surface area (Å²) in [7, 11) is 0. The Balaban J connectivity index is 2.00. The second-order valence-electron chi connectivity index (χ2n) is 5.57. The third-order valence-corrected chi connectivity index (χ3v) is 2.86. The molecule has 0 aliphatic heterocycles. The lowest BCUT2D eigenvalue weighted by Crippen LogP contribution is -2.21. The molecule has 0 spiro atoms. The molecule has 0 bridgehead atoms. The third kappa shape index (κ3) is 3.32. The van der Waals surface area contributed by atoms with Crippen LogP contribution in [-0.4, -0.2) is 31.9 Å². The van der Waals surface area contributed by atoms with Crippen LogP contribution in [-0.2, 0) is 0 Å². The van der Waals surface area contributed by atoms with E-state index in [9.17, 15) is 0 Å². The van der Waals surface area contributed by atoms with Crippen LogP contribution in [0.1, 0.15) is 27.2 Å². The van der Waals surface area contributed by atoms with Gasteiger partial charge in [0, 0.05) is 6.54 Å². The number of nitrogens with one attached hydrogen (secondary N) is 2. The summed E-state index contributed by atoms with van der Waals surface area (Å²) in [5.74, 6) is 0.747. The highest BCUT2D eigenvalue weighted by atomic mass is 35.5. The number of hydrogen-bond donors (Lipinski definition) is 2. The number of alkyl halides is 1. The molecule has 1 unspecified atom stereocenters. The Bertz CT molecular complexity index is 516. The second-order valence-corrected chi connectivity index (χ2v) is 6.18. The minimum Gasteiger partial charge on any atom is -0.367 e. The molecule has 98 valence electrons. The van der Waals surface area contributed by atoms with E-state index in [0.717, 1.165) is 17.8 Å². The first kappa shape index (κ1) is 13.1. The average molecular weight is 268 g/mol. The maximum Gasteiger partial charge on any atom is 0.182 e. The van der Waals surface area contributed by atoms with E-state index in [1.165, 1.54) is 6.33 Å². The lowest BCUT2D eigenvalue weighted by Gasteiger charge is -2.22. The number of hydrogen-bond acceptors (Lipinski definition) is 4. The number of aromatic nitrogens is 4. The standard InChI is InChI=1S/C12H18ClN5/c1-12(2,3)4-8(13)5-14-10-9-11(16-6-15-9)18-7-17-10/h6-8H,4-5H2,1-3H3,(H2,14,15,16,17,18). The molecule has 0 aliphatic carbocycles. The molecule has 0 aromatic carbocycles. The predicted octanol–water partition coefficient (Wildman–Crippen LogP) is 2.81. The van der Waals surface area contributed by atoms with Crippen molar-refractivity contribution in [2.24, 2.45) is 5.41 Å². The van der Waals surface area contributed by atoms with Crippen molar-refractivity contribution in [3.63, 3.8) is 0 Å². The molecule has 2 rings (SSSR count). The zero-order chi connectivity index (χ0) is 13.2. The lowest BCUT2D eigenvalue weighted by atomic mass is 9.90. The number of halogens is 1. The minimum absolute atomic E-state index is 0.0675. The van der Waals surface area contributed by atoms with Gasteiger partial charge < -0.3 is 10.3 Å². The van der Waals surface area contributed by atoms with Gasteiger partial charge in [-0.25, -0.2) is 15.0 Å². The van der Waals surface area contributed by atoms with E-state index in [1.54, 1.807) is 6.33 Å². The maximum atomic E-state index is 6.31. The molecule has 0 saturated carbocycles. The van der Waals surface area contributed by atoms with Gasteiger partial charge in [-0.15, -0.1) is 11.6 Å². The molecule has 0 saturated heterocycles. The molecule has 0 amide bonds. The molecular formula is C12H18ClN5. The fourth-order valence-electron chi connectivity index (χ4n) is 1.84. The van der Waals surface area contributed by atoms with Crippen LogP contribution in [0.3, 0.4) is 0 Å². The molecule has 0 fully saturated rings. The van der Waals surface area contributed by atoms with Gasteiger partial charge in [-0.05, 0) is 11.8 Å². The zero-order valence-electron chi connectivity index (χ0n) is 10.9. The summed E-state index contributed by atoms with van der Waals surface area (Å²) in [6.45, 7) is 7.21. The van der Waals surface area contributed by atoms with Crippen molar-refractivity contribution >= 4 is 28.6 Å². The van der Waals surface area contributed by atoms with Crippen LogP contribution in [0.25, 0.3) is 11.2 Å². The number of aromatic amines is 1. The third-order valence-electron chi connectivity index (χ3n) is 2.55. The van der Waals surface area contributed by atoms with E-state index in [4.69, 9.17) is 11.6 Å². The van der Waals surface area contributed by atoms with E-state index >= 15 is 0 Å². The Morgan fingerprint density at radius 3 is 2.83 bits per heavy atom. The second kappa shape index (κ2) is 5.10. The van der Waals surface area contributed by atoms with Gasteiger partial charge in [0.15, 0.2) is 11.5 Å². The number of anilines is 1. The molecule has 2 heterocycles. The molecule has 2 aromatic heterocycles. The van der Waals surface area contributed by atoms with Crippen molar-refractivity contribution in [1.82, 2.24) is 19.9 Å². The first-order valence-corrected chi connectivity index (χ1v) is 6.41. The van der Waals surface area contributed by atoms with Crippen molar-refractivity contribution in [1.29, 1.82) is 0 Å². The first-order valence-electron chi connectivity index (χ1n) is 5.98. The maximum absolute atomic E-state index is 6.31. The number of fused-ring (bicyclic) bond motifs is 1. The summed E-state index contributed by atoms with van der Waals surface area (Å²) >= 11 is 6.31. The van der Waals surface area contributed by atoms with Gasteiger partial charge >= 0.3 is 0 Å². The number of H-pyrrole nitrogens is 1. The molecule has 5 nitrogen and oxygen atoms in total. The molecule has 18 heavy (non-hydrogen) atoms. The Kier molecular flexibility index (Phi) is 3.71. The van der Waals surface area contributed by atoms with Gasteiger partial charge in [-0.1, -0.05) is 20.8 Å². The van der Waals surface area contributed by atoms with Crippen molar-refractivity contribution in [2.75, 3.05) is 11.9 Å². The number of nitrogens with zero attached hydrogens (tertiary/aromatic N) is 3. The fraction of sp³-hybridized carbons (Fsp3) is 0.583. The van der Waals surface area contributed by atoms with E-state index < -0.39 is 0 Å². The highest BCUT2D eigenvalue weighted by Gasteiger charge is 2.17. The quantitative estimate of drug-likeness (QED) is 0.836. The molecule has 0 aliphatic rings. The Hall–Kier alpha value is -1.36. The molecule has 1 atom stereocenters. The van der Waals surface area contributed by atoms with Crippen LogP contribution >= 0.6 is 11.6 Å². The molecular weight excluding hydrogens is 250 g/mol. The summed E-state index contributed by atoms with van der Waals surface area (Å²) in [6, 6.07) is 0. The van der Waals surface area contributed by atoms with Crippen LogP contribution in [0, 0.1) is 5.41 Å². The Morgan fingerprint density at radius 2 is 2.11 bits per heavy atom. The van der Waals surface area contributed by atoms with Crippen molar-refractivity contribution in [3.8, 4) is 0 Å². The van der Waals surface area contributed by atoms with Crippen LogP contribution in [0.15, 0.2) is 12.7 Å². The van der Waals surface area contributed by atoms with Gasteiger partial charge in [0.2, 0.25) is 0 Å². The van der Waals surface area contributed by atoms with Gasteiger partial charge in [0.05, 0.1) is 11.7 Å². The van der Waals surface area contributed by atoms with Crippen LogP contribution in [0.2, 0.25) is 0 Å². The topological polar surface area (TPSA) is 66.5 Å². The van der Waals surface area contributed by atoms with Gasteiger partial charge in [0.1, 0.15) is 11.8 Å². The van der Waals surface area contributed by atoms with Crippen LogP contribution < -0.4 is 5.32 Å². The normalized spacial score (nSPS) is 13.8. The van der Waals surface area contributed by atoms with Crippen molar-refractivity contribution in [3.05, 3.63) is 12.7 Å². The monoisotopic (exact) mass is 267 g/mol. The van der Waals surface area contributed by atoms with E-state index in [2.05, 4.69) is 46.0 Å². The SMILES string of the molecule is CC(C)(C)CC(Cl)CNc1ncnc2nc[nH]c12. The van der Waals surface area contributed by atoms with Crippen molar-refractivity contribution < 1.29 is 0 Å². The first-order chi connectivity index (χ1) is 8.46. The Labute approximate surface area is 111 Å². The van der Waals surface area contributed by atoms with Gasteiger partial charge in [-0.3, -0.25) is 0 Å². The minimum atomic E-state index is 0.0675. The van der Waals surface area contributed by atoms with E-state index in [0.29, 0.717) is 12.2 Å². The Morgan fingerprint density at radius 1 is 1.33 bits per heavy atom. The summed E-state index contributed by atoms with van der Waals surface area (Å²) in [5, 5.41) is 3.31. The van der Waals surface area contributed by atoms with Gasteiger partial charge in [0.25, 0.3) is 0 Å². The van der Waals surface area contributed by atoms with E-state index in [-0.39, 0.29) is 10.8 Å². The summed E-state index contributed by atoms with van der Waals surface area (Å²) < 4.78 is 0. The number of rotatable bonds is 4. The van der Waals surface area contributed by atoms with Crippen LogP contribution in [0.5, 0.6) is 0 Å². The van der Waals surface area contributed by atoms with E-state index in [1.807, 2.05) is 0 Å². The predicted molar refractivity (Wildman–Crippen MR) is 73.9 cm³/mol.